The Hall–Kier alpha value is -8.42. The summed E-state index contributed by atoms with van der Waals surface area (Å²) >= 11 is 17.7. The summed E-state index contributed by atoms with van der Waals surface area (Å²) in [6.45, 7) is 10.2. The van der Waals surface area contributed by atoms with Gasteiger partial charge in [0.05, 0.1) is 50.2 Å². The molecule has 14 rings (SSSR count). The number of benzene rings is 6. The van der Waals surface area contributed by atoms with Crippen molar-refractivity contribution in [3.8, 4) is 33.8 Å². The summed E-state index contributed by atoms with van der Waals surface area (Å²) in [7, 11) is 10.8. The molecule has 0 aliphatic carbocycles. The van der Waals surface area contributed by atoms with E-state index in [0.717, 1.165) is 160 Å². The van der Waals surface area contributed by atoms with Crippen molar-refractivity contribution in [3.63, 3.8) is 0 Å². The van der Waals surface area contributed by atoms with Crippen LogP contribution in [0.2, 0.25) is 10.0 Å². The number of hydrogen-bond acceptors (Lipinski definition) is 12. The molecule has 0 amide bonds. The molecule has 2 aliphatic rings. The van der Waals surface area contributed by atoms with Gasteiger partial charge in [-0.15, -0.1) is 23.5 Å². The number of rotatable bonds is 2. The highest BCUT2D eigenvalue weighted by atomic mass is 35.5. The van der Waals surface area contributed by atoms with Crippen LogP contribution in [0.4, 0.5) is 0 Å². The van der Waals surface area contributed by atoms with Crippen LogP contribution in [-0.2, 0) is 99.4 Å². The van der Waals surface area contributed by atoms with Crippen molar-refractivity contribution in [2.75, 3.05) is 27.4 Å². The molecule has 16 nitrogen and oxygen atoms in total. The number of carbonyl (C=O) groups is 2. The van der Waals surface area contributed by atoms with Gasteiger partial charge in [0.1, 0.15) is 22.9 Å². The summed E-state index contributed by atoms with van der Waals surface area (Å²) in [5.41, 5.74) is 19.3. The average Bonchev–Trinajstić information content (AvgIpc) is 1.58. The van der Waals surface area contributed by atoms with Gasteiger partial charge >= 0.3 is 11.9 Å². The summed E-state index contributed by atoms with van der Waals surface area (Å²) in [6, 6.07) is 37.9. The predicted octanol–water partition coefficient (Wildman–Crippen LogP) is 16.0. The first-order valence-electron chi connectivity index (χ1n) is 31.8. The average molecular weight is 1340 g/mol. The minimum atomic E-state index is -0.372. The molecule has 0 radical (unpaired) electrons. The van der Waals surface area contributed by atoms with Gasteiger partial charge in [-0.3, -0.25) is 18.7 Å². The van der Waals surface area contributed by atoms with Crippen LogP contribution >= 0.6 is 46.7 Å². The Morgan fingerprint density at radius 3 is 1.32 bits per heavy atom. The fourth-order valence-electron chi connectivity index (χ4n) is 13.9. The van der Waals surface area contributed by atoms with E-state index in [1.54, 1.807) is 23.5 Å². The summed E-state index contributed by atoms with van der Waals surface area (Å²) in [6.07, 6.45) is 4.89. The number of nitrogens with zero attached hydrogens (tertiary/aromatic N) is 10. The van der Waals surface area contributed by atoms with Crippen LogP contribution in [-0.4, -0.2) is 87.6 Å². The third-order valence-electron chi connectivity index (χ3n) is 18.6. The van der Waals surface area contributed by atoms with Gasteiger partial charge in [0.2, 0.25) is 0 Å². The van der Waals surface area contributed by atoms with Crippen molar-refractivity contribution in [1.82, 2.24) is 48.3 Å². The molecule has 0 atom stereocenters. The van der Waals surface area contributed by atoms with Gasteiger partial charge in [0, 0.05) is 152 Å². The van der Waals surface area contributed by atoms with Gasteiger partial charge in [0.15, 0.2) is 0 Å². The van der Waals surface area contributed by atoms with Gasteiger partial charge in [-0.05, 0) is 148 Å². The highest BCUT2D eigenvalue weighted by Gasteiger charge is 2.30. The summed E-state index contributed by atoms with van der Waals surface area (Å²) in [5.74, 6) is 3.91. The fraction of sp³-hybridized carbons (Fsp3) is 0.324. The molecular weight excluding hydrogens is 1260 g/mol. The van der Waals surface area contributed by atoms with Gasteiger partial charge in [-0.2, -0.15) is 20.4 Å². The van der Waals surface area contributed by atoms with Crippen molar-refractivity contribution >= 4 is 102 Å². The number of aromatic nitrogens is 10. The van der Waals surface area contributed by atoms with E-state index in [1.165, 1.54) is 36.7 Å². The van der Waals surface area contributed by atoms with Crippen molar-refractivity contribution in [2.24, 2.45) is 28.2 Å². The lowest BCUT2D eigenvalue weighted by molar-refractivity contribution is 0.0579. The Bertz CT molecular complexity index is 4630. The molecule has 6 aromatic heterocycles. The topological polar surface area (TPSA) is 152 Å². The van der Waals surface area contributed by atoms with Crippen LogP contribution in [0, 0.1) is 27.7 Å². The maximum absolute atomic E-state index is 13.3. The first kappa shape index (κ1) is 64.3. The van der Waals surface area contributed by atoms with E-state index < -0.39 is 0 Å². The number of hydrogen-bond donors (Lipinski definition) is 0. The second-order valence-corrected chi connectivity index (χ2v) is 27.2. The number of esters is 2. The maximum atomic E-state index is 13.3. The number of thioether (sulfide) groups is 2. The molecule has 0 fully saturated rings. The van der Waals surface area contributed by atoms with E-state index in [1.807, 2.05) is 97.2 Å². The van der Waals surface area contributed by atoms with Crippen LogP contribution in [0.5, 0.6) is 11.5 Å². The number of carbonyl (C=O) groups excluding carboxylic acids is 2. The zero-order valence-corrected chi connectivity index (χ0v) is 57.9. The molecule has 0 unspecified atom stereocenters. The van der Waals surface area contributed by atoms with Gasteiger partial charge in [-0.25, -0.2) is 9.59 Å². The number of halogens is 2. The van der Waals surface area contributed by atoms with Crippen molar-refractivity contribution < 1.29 is 28.5 Å². The van der Waals surface area contributed by atoms with Crippen molar-refractivity contribution in [3.05, 3.63) is 198 Å². The highest BCUT2D eigenvalue weighted by Crippen LogP contribution is 2.46. The SMILES string of the molecule is COC(=O)c1c(C)c2c3c(Cl)ccc2n1CCCOc1cc(cc2ccccc12)CCc1cc(nn1C)CSCc1nn(C)c(C)c1-3.COC(=O)c1c(C)c2c3c(Cl)ccc2n1CCCOc1cc(cc2ccccc12)CCc1cc(nn1C)CSCc1nn(C)c(C)c1-3. The predicted molar refractivity (Wildman–Crippen MR) is 379 cm³/mol. The molecule has 16 bridgehead atoms. The van der Waals surface area contributed by atoms with E-state index in [9.17, 15) is 9.59 Å². The number of aryl methyl sites for hydroxylation is 12. The van der Waals surface area contributed by atoms with E-state index in [2.05, 4.69) is 95.8 Å². The molecule has 8 heterocycles. The van der Waals surface area contributed by atoms with Crippen molar-refractivity contribution in [1.29, 1.82) is 0 Å². The lowest BCUT2D eigenvalue weighted by Gasteiger charge is -2.14. The minimum absolute atomic E-state index is 0.372. The van der Waals surface area contributed by atoms with E-state index in [0.29, 0.717) is 72.1 Å². The molecule has 0 saturated heterocycles. The molecular formula is C74H76Cl2N10O6S2. The van der Waals surface area contributed by atoms with Gasteiger partial charge in [-0.1, -0.05) is 83.9 Å². The smallest absolute Gasteiger partial charge is 0.354 e. The monoisotopic (exact) mass is 1330 g/mol. The first-order valence-corrected chi connectivity index (χ1v) is 34.9. The lowest BCUT2D eigenvalue weighted by Crippen LogP contribution is -2.13. The second kappa shape index (κ2) is 27.1. The zero-order chi connectivity index (χ0) is 65.6. The normalized spacial score (nSPS) is 14.2. The molecule has 94 heavy (non-hydrogen) atoms. The maximum Gasteiger partial charge on any atom is 0.354 e. The first-order chi connectivity index (χ1) is 45.5. The van der Waals surface area contributed by atoms with Crippen LogP contribution < -0.4 is 9.47 Å². The van der Waals surface area contributed by atoms with Crippen LogP contribution in [0.15, 0.2) is 109 Å². The zero-order valence-electron chi connectivity index (χ0n) is 54.8. The molecule has 12 aromatic rings. The van der Waals surface area contributed by atoms with Crippen LogP contribution in [0.3, 0.4) is 0 Å². The van der Waals surface area contributed by atoms with Gasteiger partial charge < -0.3 is 28.1 Å². The minimum Gasteiger partial charge on any atom is -0.493 e. The Morgan fingerprint density at radius 1 is 0.489 bits per heavy atom. The molecule has 484 valence electrons. The Kier molecular flexibility index (Phi) is 18.6. The molecule has 0 N–H and O–H groups in total. The third-order valence-corrected chi connectivity index (χ3v) is 21.2. The number of ether oxygens (including phenoxy) is 4. The molecule has 20 heteroatoms. The summed E-state index contributed by atoms with van der Waals surface area (Å²) in [4.78, 5) is 26.6. The fourth-order valence-corrected chi connectivity index (χ4v) is 16.1. The third kappa shape index (κ3) is 12.3. The standard InChI is InChI=1S/2C37H38ClN5O3S/c2*1-22-33-31-14-13-29(38)35(33)34-23(2)41(3)40-30(34)21-47-20-26-19-27(42(4)39-26)12-11-24-17-25-9-6-7-10-28(25)32(18-24)46-16-8-15-43(31)36(22)37(44)45-5/h2*6-7,9-10,13-14,17-19H,8,11-12,15-16,20-21H2,1-5H3. The summed E-state index contributed by atoms with van der Waals surface area (Å²) < 4.78 is 35.6. The number of fused-ring (bicyclic) bond motifs is 16. The molecule has 0 saturated carbocycles. The molecule has 2 aliphatic heterocycles. The van der Waals surface area contributed by atoms with Crippen LogP contribution in [0.25, 0.3) is 65.6 Å². The largest absolute Gasteiger partial charge is 0.493 e. The van der Waals surface area contributed by atoms with E-state index in [4.69, 9.17) is 62.5 Å². The number of methoxy groups -OCH3 is 2. The second-order valence-electron chi connectivity index (χ2n) is 24.4. The van der Waals surface area contributed by atoms with E-state index >= 15 is 0 Å². The highest BCUT2D eigenvalue weighted by molar-refractivity contribution is 7.98. The van der Waals surface area contributed by atoms with Gasteiger partial charge in [0.25, 0.3) is 0 Å². The quantitative estimate of drug-likeness (QED) is 0.151. The summed E-state index contributed by atoms with van der Waals surface area (Å²) in [5, 5.41) is 27.2. The molecule has 0 spiro atoms. The Labute approximate surface area is 565 Å². The van der Waals surface area contributed by atoms with E-state index in [-0.39, 0.29) is 11.9 Å². The van der Waals surface area contributed by atoms with Crippen LogP contribution in [0.1, 0.15) is 102 Å². The van der Waals surface area contributed by atoms with Crippen molar-refractivity contribution in [2.45, 2.75) is 102 Å². The molecule has 6 aromatic carbocycles. The lowest BCUT2D eigenvalue weighted by atomic mass is 9.97. The Balaban J connectivity index is 0.000000171. The Morgan fingerprint density at radius 2 is 0.904 bits per heavy atom.